The molecule has 3 rings (SSSR count). The van der Waals surface area contributed by atoms with Crippen LogP contribution in [0, 0.1) is 0 Å². The molecule has 1 heterocycles. The quantitative estimate of drug-likeness (QED) is 0.657. The van der Waals surface area contributed by atoms with Crippen LogP contribution in [-0.2, 0) is 0 Å². The molecule has 0 radical (unpaired) electrons. The average Bonchev–Trinajstić information content (AvgIpc) is 3.15. The monoisotopic (exact) mass is 372 g/mol. The fourth-order valence-corrected chi connectivity index (χ4v) is 3.47. The number of anilines is 1. The zero-order valence-corrected chi connectivity index (χ0v) is 15.8. The second-order valence-electron chi connectivity index (χ2n) is 5.44. The van der Waals surface area contributed by atoms with Gasteiger partial charge in [-0.05, 0) is 35.8 Å². The molecule has 136 valence electrons. The Morgan fingerprint density at radius 2 is 1.54 bits per heavy atom. The molecule has 0 amide bonds. The first-order valence-electron chi connectivity index (χ1n) is 7.81. The number of methoxy groups -OCH3 is 4. The van der Waals surface area contributed by atoms with E-state index in [0.717, 1.165) is 22.4 Å². The summed E-state index contributed by atoms with van der Waals surface area (Å²) in [5.74, 6) is 2.40. The van der Waals surface area contributed by atoms with E-state index in [1.54, 1.807) is 34.5 Å². The first kappa shape index (κ1) is 17.9. The van der Waals surface area contributed by atoms with Gasteiger partial charge in [-0.3, -0.25) is 0 Å². The average molecular weight is 372 g/mol. The number of ether oxygens (including phenoxy) is 4. The van der Waals surface area contributed by atoms with Crippen LogP contribution >= 0.6 is 11.5 Å². The van der Waals surface area contributed by atoms with Crippen molar-refractivity contribution >= 4 is 17.2 Å². The van der Waals surface area contributed by atoms with E-state index in [9.17, 15) is 0 Å². The molecule has 6 nitrogen and oxygen atoms in total. The molecule has 0 fully saturated rings. The Balaban J connectivity index is 2.15. The summed E-state index contributed by atoms with van der Waals surface area (Å²) in [7, 11) is 6.36. The van der Waals surface area contributed by atoms with Crippen LogP contribution < -0.4 is 24.7 Å². The highest BCUT2D eigenvalue weighted by Gasteiger charge is 2.19. The predicted octanol–water partition coefficient (Wildman–Crippen LogP) is 4.09. The summed E-state index contributed by atoms with van der Waals surface area (Å²) in [6, 6.07) is 9.35. The smallest absolute Gasteiger partial charge is 0.203 e. The summed E-state index contributed by atoms with van der Waals surface area (Å²) >= 11 is 1.36. The van der Waals surface area contributed by atoms with Gasteiger partial charge in [-0.1, -0.05) is 0 Å². The number of aromatic nitrogens is 1. The van der Waals surface area contributed by atoms with Gasteiger partial charge in [0.25, 0.3) is 0 Å². The van der Waals surface area contributed by atoms with Gasteiger partial charge in [-0.2, -0.15) is 4.37 Å². The Hall–Kier alpha value is -2.93. The third-order valence-corrected chi connectivity index (χ3v) is 4.69. The highest BCUT2D eigenvalue weighted by atomic mass is 32.1. The van der Waals surface area contributed by atoms with Crippen molar-refractivity contribution in [3.05, 3.63) is 35.7 Å². The molecule has 1 aromatic heterocycles. The Bertz CT molecular complexity index is 899. The van der Waals surface area contributed by atoms with E-state index in [2.05, 4.69) is 4.37 Å². The van der Waals surface area contributed by atoms with Gasteiger partial charge >= 0.3 is 0 Å². The minimum atomic E-state index is 0.541. The molecule has 0 bridgehead atoms. The molecular weight excluding hydrogens is 352 g/mol. The molecule has 0 aliphatic carbocycles. The van der Waals surface area contributed by atoms with Gasteiger partial charge in [0.15, 0.2) is 11.5 Å². The topological polar surface area (TPSA) is 75.8 Å². The van der Waals surface area contributed by atoms with Crippen LogP contribution in [0.15, 0.2) is 35.7 Å². The van der Waals surface area contributed by atoms with Gasteiger partial charge in [0.1, 0.15) is 5.75 Å². The lowest BCUT2D eigenvalue weighted by Crippen LogP contribution is -1.96. The van der Waals surface area contributed by atoms with Crippen LogP contribution in [0.2, 0.25) is 0 Å². The second kappa shape index (κ2) is 7.53. The van der Waals surface area contributed by atoms with Crippen molar-refractivity contribution in [1.29, 1.82) is 0 Å². The van der Waals surface area contributed by atoms with Gasteiger partial charge in [0.05, 0.1) is 34.1 Å². The number of hydrogen-bond acceptors (Lipinski definition) is 7. The third-order valence-electron chi connectivity index (χ3n) is 4.06. The molecule has 0 atom stereocenters. The van der Waals surface area contributed by atoms with Crippen molar-refractivity contribution < 1.29 is 18.9 Å². The van der Waals surface area contributed by atoms with Gasteiger partial charge < -0.3 is 24.7 Å². The van der Waals surface area contributed by atoms with E-state index in [1.807, 2.05) is 29.6 Å². The maximum absolute atomic E-state index is 6.22. The number of rotatable bonds is 6. The number of hydrogen-bond donors (Lipinski definition) is 1. The van der Waals surface area contributed by atoms with Crippen molar-refractivity contribution in [2.24, 2.45) is 0 Å². The summed E-state index contributed by atoms with van der Waals surface area (Å²) in [6.45, 7) is 0. The molecule has 0 saturated carbocycles. The zero-order chi connectivity index (χ0) is 18.7. The van der Waals surface area contributed by atoms with E-state index in [1.165, 1.54) is 11.5 Å². The summed E-state index contributed by atoms with van der Waals surface area (Å²) in [5.41, 5.74) is 10.3. The highest BCUT2D eigenvalue weighted by Crippen LogP contribution is 2.44. The fraction of sp³-hybridized carbons (Fsp3) is 0.211. The van der Waals surface area contributed by atoms with E-state index in [0.29, 0.717) is 28.7 Å². The van der Waals surface area contributed by atoms with E-state index in [-0.39, 0.29) is 0 Å². The molecule has 3 aromatic rings. The van der Waals surface area contributed by atoms with Crippen molar-refractivity contribution in [2.75, 3.05) is 34.2 Å². The standard InChI is InChI=1S/C19H20N2O4S/c1-22-12-5-6-13(15(20)9-12)14-10-26-21-18(14)11-7-16(23-2)19(25-4)17(8-11)24-3/h5-10H,20H2,1-4H3. The maximum Gasteiger partial charge on any atom is 0.203 e. The molecule has 0 saturated heterocycles. The van der Waals surface area contributed by atoms with Crippen LogP contribution in [0.3, 0.4) is 0 Å². The molecule has 0 aliphatic heterocycles. The van der Waals surface area contributed by atoms with Gasteiger partial charge in [0, 0.05) is 33.8 Å². The van der Waals surface area contributed by atoms with Crippen LogP contribution in [0.5, 0.6) is 23.0 Å². The molecule has 26 heavy (non-hydrogen) atoms. The van der Waals surface area contributed by atoms with Crippen molar-refractivity contribution in [1.82, 2.24) is 4.37 Å². The lowest BCUT2D eigenvalue weighted by atomic mass is 10.00. The van der Waals surface area contributed by atoms with Gasteiger partial charge in [-0.25, -0.2) is 0 Å². The van der Waals surface area contributed by atoms with Crippen LogP contribution in [0.25, 0.3) is 22.4 Å². The van der Waals surface area contributed by atoms with Crippen molar-refractivity contribution in [2.45, 2.75) is 0 Å². The minimum absolute atomic E-state index is 0.541. The molecular formula is C19H20N2O4S. The van der Waals surface area contributed by atoms with Crippen molar-refractivity contribution in [3.63, 3.8) is 0 Å². The van der Waals surface area contributed by atoms with Crippen LogP contribution in [0.1, 0.15) is 0 Å². The minimum Gasteiger partial charge on any atom is -0.497 e. The van der Waals surface area contributed by atoms with Crippen LogP contribution in [-0.4, -0.2) is 32.8 Å². The Kier molecular flexibility index (Phi) is 5.18. The van der Waals surface area contributed by atoms with Crippen LogP contribution in [0.4, 0.5) is 5.69 Å². The van der Waals surface area contributed by atoms with E-state index in [4.69, 9.17) is 24.7 Å². The SMILES string of the molecule is COc1ccc(-c2csnc2-c2cc(OC)c(OC)c(OC)c2)c(N)c1. The molecule has 0 aliphatic rings. The number of nitrogen functional groups attached to an aromatic ring is 1. The largest absolute Gasteiger partial charge is 0.497 e. The highest BCUT2D eigenvalue weighted by molar-refractivity contribution is 7.04. The number of nitrogens with zero attached hydrogens (tertiary/aromatic N) is 1. The van der Waals surface area contributed by atoms with Gasteiger partial charge in [0.2, 0.25) is 5.75 Å². The molecule has 0 spiro atoms. The van der Waals surface area contributed by atoms with Gasteiger partial charge in [-0.15, -0.1) is 0 Å². The molecule has 7 heteroatoms. The van der Waals surface area contributed by atoms with E-state index >= 15 is 0 Å². The summed E-state index contributed by atoms with van der Waals surface area (Å²) in [5, 5.41) is 1.97. The Morgan fingerprint density at radius 1 is 0.846 bits per heavy atom. The fourth-order valence-electron chi connectivity index (χ4n) is 2.77. The summed E-state index contributed by atoms with van der Waals surface area (Å²) < 4.78 is 26.1. The normalized spacial score (nSPS) is 10.5. The Morgan fingerprint density at radius 3 is 2.08 bits per heavy atom. The number of benzene rings is 2. The molecule has 2 aromatic carbocycles. The second-order valence-corrected chi connectivity index (χ2v) is 6.07. The first-order chi connectivity index (χ1) is 12.6. The van der Waals surface area contributed by atoms with Crippen molar-refractivity contribution in [3.8, 4) is 45.4 Å². The van der Waals surface area contributed by atoms with E-state index < -0.39 is 0 Å². The third kappa shape index (κ3) is 3.13. The number of nitrogens with two attached hydrogens (primary N) is 1. The maximum atomic E-state index is 6.22. The predicted molar refractivity (Wildman–Crippen MR) is 104 cm³/mol. The molecule has 2 N–H and O–H groups in total. The zero-order valence-electron chi connectivity index (χ0n) is 15.0. The summed E-state index contributed by atoms with van der Waals surface area (Å²) in [6.07, 6.45) is 0. The molecule has 0 unspecified atom stereocenters. The lowest BCUT2D eigenvalue weighted by molar-refractivity contribution is 0.324. The first-order valence-corrected chi connectivity index (χ1v) is 8.65. The lowest BCUT2D eigenvalue weighted by Gasteiger charge is -2.14. The summed E-state index contributed by atoms with van der Waals surface area (Å²) in [4.78, 5) is 0. The Labute approximate surface area is 156 Å².